The normalized spacial score (nSPS) is 24.3. The zero-order valence-electron chi connectivity index (χ0n) is 11.8. The molecule has 1 N–H and O–H groups in total. The van der Waals surface area contributed by atoms with Crippen LogP contribution in [0.5, 0.6) is 0 Å². The first-order valence-corrected chi connectivity index (χ1v) is 8.39. The second-order valence-electron chi connectivity index (χ2n) is 5.64. The first-order chi connectivity index (χ1) is 9.30. The Morgan fingerprint density at radius 3 is 2.55 bits per heavy atom. The SMILES string of the molecule is CN(CC(=O)NC1(C)CCS(=O)(=O)C1)c1ccccc1. The molecule has 1 aromatic rings. The van der Waals surface area contributed by atoms with Crippen LogP contribution < -0.4 is 10.2 Å². The van der Waals surface area contributed by atoms with Crippen molar-refractivity contribution in [1.82, 2.24) is 5.32 Å². The Bertz CT molecular complexity index is 586. The van der Waals surface area contributed by atoms with E-state index in [1.165, 1.54) is 0 Å². The minimum Gasteiger partial charge on any atom is -0.365 e. The summed E-state index contributed by atoms with van der Waals surface area (Å²) in [5.41, 5.74) is 0.319. The number of sulfone groups is 1. The number of amides is 1. The van der Waals surface area contributed by atoms with E-state index in [9.17, 15) is 13.2 Å². The van der Waals surface area contributed by atoms with Crippen molar-refractivity contribution in [3.63, 3.8) is 0 Å². The van der Waals surface area contributed by atoms with Gasteiger partial charge in [-0.05, 0) is 25.5 Å². The van der Waals surface area contributed by atoms with Gasteiger partial charge in [-0.3, -0.25) is 4.79 Å². The van der Waals surface area contributed by atoms with Crippen molar-refractivity contribution in [3.8, 4) is 0 Å². The first kappa shape index (κ1) is 14.8. The quantitative estimate of drug-likeness (QED) is 0.893. The Hall–Kier alpha value is -1.56. The van der Waals surface area contributed by atoms with Gasteiger partial charge in [-0.25, -0.2) is 8.42 Å². The van der Waals surface area contributed by atoms with Crippen LogP contribution in [-0.4, -0.2) is 45.0 Å². The molecule has 0 radical (unpaired) electrons. The van der Waals surface area contributed by atoms with Crippen molar-refractivity contribution < 1.29 is 13.2 Å². The molecule has 2 rings (SSSR count). The molecule has 1 unspecified atom stereocenters. The molecule has 0 aliphatic carbocycles. The molecule has 0 aromatic heterocycles. The van der Waals surface area contributed by atoms with Crippen LogP contribution >= 0.6 is 0 Å². The number of carbonyl (C=O) groups is 1. The van der Waals surface area contributed by atoms with Crippen molar-refractivity contribution in [3.05, 3.63) is 30.3 Å². The number of hydrogen-bond acceptors (Lipinski definition) is 4. The number of likely N-dealkylation sites (N-methyl/N-ethyl adjacent to an activating group) is 1. The molecule has 1 aliphatic rings. The molecular weight excluding hydrogens is 276 g/mol. The van der Waals surface area contributed by atoms with E-state index in [2.05, 4.69) is 5.32 Å². The Morgan fingerprint density at radius 2 is 2.00 bits per heavy atom. The fourth-order valence-corrected chi connectivity index (χ4v) is 4.57. The topological polar surface area (TPSA) is 66.5 Å². The minimum atomic E-state index is -3.01. The highest BCUT2D eigenvalue weighted by Crippen LogP contribution is 2.22. The largest absolute Gasteiger partial charge is 0.365 e. The van der Waals surface area contributed by atoms with Gasteiger partial charge in [-0.2, -0.15) is 0 Å². The highest BCUT2D eigenvalue weighted by molar-refractivity contribution is 7.91. The Morgan fingerprint density at radius 1 is 1.35 bits per heavy atom. The molecule has 1 saturated heterocycles. The molecule has 1 aliphatic heterocycles. The maximum Gasteiger partial charge on any atom is 0.239 e. The van der Waals surface area contributed by atoms with E-state index >= 15 is 0 Å². The molecule has 1 heterocycles. The van der Waals surface area contributed by atoms with Gasteiger partial charge in [-0.1, -0.05) is 18.2 Å². The third kappa shape index (κ3) is 3.72. The van der Waals surface area contributed by atoms with Gasteiger partial charge in [0.05, 0.1) is 23.6 Å². The Labute approximate surface area is 119 Å². The van der Waals surface area contributed by atoms with Crippen molar-refractivity contribution >= 4 is 21.4 Å². The van der Waals surface area contributed by atoms with E-state index in [1.54, 1.807) is 6.92 Å². The fraction of sp³-hybridized carbons (Fsp3) is 0.500. The van der Waals surface area contributed by atoms with Crippen LogP contribution in [0.3, 0.4) is 0 Å². The Balaban J connectivity index is 1.93. The first-order valence-electron chi connectivity index (χ1n) is 6.57. The second kappa shape index (κ2) is 5.44. The van der Waals surface area contributed by atoms with Crippen LogP contribution in [0.1, 0.15) is 13.3 Å². The monoisotopic (exact) mass is 296 g/mol. The summed E-state index contributed by atoms with van der Waals surface area (Å²) in [6.45, 7) is 2.00. The van der Waals surface area contributed by atoms with E-state index in [-0.39, 0.29) is 24.0 Å². The molecule has 5 nitrogen and oxygen atoms in total. The molecular formula is C14H20N2O3S. The van der Waals surface area contributed by atoms with Gasteiger partial charge in [0.15, 0.2) is 9.84 Å². The predicted molar refractivity (Wildman–Crippen MR) is 79.5 cm³/mol. The lowest BCUT2D eigenvalue weighted by molar-refractivity contribution is -0.121. The number of benzene rings is 1. The minimum absolute atomic E-state index is 0.0286. The van der Waals surface area contributed by atoms with Crippen LogP contribution in [0.4, 0.5) is 5.69 Å². The van der Waals surface area contributed by atoms with E-state index in [1.807, 2.05) is 42.3 Å². The average Bonchev–Trinajstić information content (AvgIpc) is 2.64. The van der Waals surface area contributed by atoms with Crippen molar-refractivity contribution in [1.29, 1.82) is 0 Å². The van der Waals surface area contributed by atoms with Crippen molar-refractivity contribution in [2.75, 3.05) is 30.0 Å². The summed E-state index contributed by atoms with van der Waals surface area (Å²) in [6.07, 6.45) is 0.482. The third-order valence-corrected chi connectivity index (χ3v) is 5.43. The van der Waals surface area contributed by atoms with E-state index in [0.29, 0.717) is 6.42 Å². The van der Waals surface area contributed by atoms with Gasteiger partial charge in [0.2, 0.25) is 5.91 Å². The van der Waals surface area contributed by atoms with E-state index < -0.39 is 15.4 Å². The molecule has 1 amide bonds. The van der Waals surface area contributed by atoms with Crippen LogP contribution in [-0.2, 0) is 14.6 Å². The van der Waals surface area contributed by atoms with Gasteiger partial charge < -0.3 is 10.2 Å². The van der Waals surface area contributed by atoms with E-state index in [4.69, 9.17) is 0 Å². The second-order valence-corrected chi connectivity index (χ2v) is 7.83. The molecule has 0 saturated carbocycles. The number of anilines is 1. The molecule has 20 heavy (non-hydrogen) atoms. The standard InChI is InChI=1S/C14H20N2O3S/c1-14(8-9-20(18,19)11-14)15-13(17)10-16(2)12-6-4-3-5-7-12/h3-7H,8-11H2,1-2H3,(H,15,17). The molecule has 1 fully saturated rings. The van der Waals surface area contributed by atoms with Crippen LogP contribution in [0, 0.1) is 0 Å². The number of carbonyl (C=O) groups excluding carboxylic acids is 1. The number of para-hydroxylation sites is 1. The number of hydrogen-bond donors (Lipinski definition) is 1. The summed E-state index contributed by atoms with van der Waals surface area (Å²) >= 11 is 0. The van der Waals surface area contributed by atoms with Gasteiger partial charge in [0.1, 0.15) is 0 Å². The molecule has 6 heteroatoms. The lowest BCUT2D eigenvalue weighted by Crippen LogP contribution is -2.50. The fourth-order valence-electron chi connectivity index (χ4n) is 2.47. The van der Waals surface area contributed by atoms with Crippen LogP contribution in [0.2, 0.25) is 0 Å². The zero-order valence-corrected chi connectivity index (χ0v) is 12.6. The smallest absolute Gasteiger partial charge is 0.239 e. The van der Waals surface area contributed by atoms with Gasteiger partial charge in [0.25, 0.3) is 0 Å². The summed E-state index contributed by atoms with van der Waals surface area (Å²) in [6, 6.07) is 9.59. The predicted octanol–water partition coefficient (Wildman–Crippen LogP) is 0.816. The highest BCUT2D eigenvalue weighted by Gasteiger charge is 2.39. The van der Waals surface area contributed by atoms with Crippen molar-refractivity contribution in [2.24, 2.45) is 0 Å². The summed E-state index contributed by atoms with van der Waals surface area (Å²) in [7, 11) is -1.17. The molecule has 1 atom stereocenters. The number of rotatable bonds is 4. The summed E-state index contributed by atoms with van der Waals surface area (Å²) in [5, 5.41) is 2.85. The zero-order chi connectivity index (χ0) is 14.8. The third-order valence-electron chi connectivity index (χ3n) is 3.52. The van der Waals surface area contributed by atoms with Crippen LogP contribution in [0.25, 0.3) is 0 Å². The lowest BCUT2D eigenvalue weighted by Gasteiger charge is -2.26. The number of nitrogens with one attached hydrogen (secondary N) is 1. The van der Waals surface area contributed by atoms with Gasteiger partial charge >= 0.3 is 0 Å². The van der Waals surface area contributed by atoms with Crippen molar-refractivity contribution in [2.45, 2.75) is 18.9 Å². The lowest BCUT2D eigenvalue weighted by atomic mass is 10.0. The Kier molecular flexibility index (Phi) is 4.04. The maximum atomic E-state index is 12.1. The maximum absolute atomic E-state index is 12.1. The summed E-state index contributed by atoms with van der Waals surface area (Å²) in [4.78, 5) is 13.9. The average molecular weight is 296 g/mol. The summed E-state index contributed by atoms with van der Waals surface area (Å²) in [5.74, 6) is 0.0231. The van der Waals surface area contributed by atoms with Gasteiger partial charge in [0, 0.05) is 12.7 Å². The molecule has 110 valence electrons. The van der Waals surface area contributed by atoms with E-state index in [0.717, 1.165) is 5.69 Å². The molecule has 0 spiro atoms. The molecule has 1 aromatic carbocycles. The van der Waals surface area contributed by atoms with Gasteiger partial charge in [-0.15, -0.1) is 0 Å². The summed E-state index contributed by atoms with van der Waals surface area (Å²) < 4.78 is 23.0. The molecule has 0 bridgehead atoms. The number of nitrogens with zero attached hydrogens (tertiary/aromatic N) is 1. The van der Waals surface area contributed by atoms with Crippen LogP contribution in [0.15, 0.2) is 30.3 Å². The highest BCUT2D eigenvalue weighted by atomic mass is 32.2.